The van der Waals surface area contributed by atoms with Gasteiger partial charge < -0.3 is 14.0 Å². The zero-order valence-corrected chi connectivity index (χ0v) is 40.3. The quantitative estimate of drug-likeness (QED) is 0.113. The van der Waals surface area contributed by atoms with E-state index < -0.39 is 8.07 Å². The zero-order valence-electron chi connectivity index (χ0n) is 36.9. The van der Waals surface area contributed by atoms with Gasteiger partial charge in [-0.15, -0.1) is 54.1 Å². The first-order valence-electron chi connectivity index (χ1n) is 21.6. The van der Waals surface area contributed by atoms with Gasteiger partial charge >= 0.3 is 0 Å². The predicted molar refractivity (Wildman–Crippen MR) is 263 cm³/mol. The van der Waals surface area contributed by atoms with Gasteiger partial charge in [-0.3, -0.25) is 4.98 Å². The molecule has 63 heavy (non-hydrogen) atoms. The van der Waals surface area contributed by atoms with Crippen LogP contribution in [0.1, 0.15) is 50.7 Å². The maximum atomic E-state index is 6.73. The van der Waals surface area contributed by atoms with Crippen molar-refractivity contribution in [1.29, 1.82) is 0 Å². The standard InChI is InChI=1S/C43H35N2O.C14H16NSi.Ir/c1-27(2)36-24-32(30-16-9-6-10-17-30)25-37(28(3)4)41(36)45-39-21-12-11-20-38(39)44-43(45)35-19-13-18-34-33-23-22-31(26-40(33)46-42(34)35)29-14-7-5-8-15-29;1-16(2,3)13-9-10-14(15-11-13)12-7-5-4-6-8-12;/h5-18,20-28H,1-4H3;4-7,9-11H,1-3H3;/q2*-1;. The van der Waals surface area contributed by atoms with Crippen LogP contribution in [0.2, 0.25) is 19.6 Å². The molecule has 0 aliphatic carbocycles. The first-order valence-corrected chi connectivity index (χ1v) is 25.1. The van der Waals surface area contributed by atoms with Gasteiger partial charge in [0.1, 0.15) is 5.58 Å². The van der Waals surface area contributed by atoms with Crippen LogP contribution in [0.3, 0.4) is 0 Å². The van der Waals surface area contributed by atoms with Crippen LogP contribution in [0.4, 0.5) is 0 Å². The molecule has 3 aromatic heterocycles. The molecule has 0 saturated heterocycles. The number of aromatic nitrogens is 3. The van der Waals surface area contributed by atoms with Crippen molar-refractivity contribution < 1.29 is 24.5 Å². The molecule has 0 amide bonds. The van der Waals surface area contributed by atoms with E-state index in [1.54, 1.807) is 0 Å². The fraction of sp³-hybridized carbons (Fsp3) is 0.158. The number of hydrogen-bond donors (Lipinski definition) is 0. The van der Waals surface area contributed by atoms with Gasteiger partial charge in [0.2, 0.25) is 0 Å². The molecule has 3 heterocycles. The number of furan rings is 1. The number of rotatable bonds is 8. The fourth-order valence-electron chi connectivity index (χ4n) is 8.30. The molecule has 0 spiro atoms. The van der Waals surface area contributed by atoms with Crippen molar-refractivity contribution in [1.82, 2.24) is 14.5 Å². The summed E-state index contributed by atoms with van der Waals surface area (Å²) in [7, 11) is -1.23. The van der Waals surface area contributed by atoms with E-state index in [0.717, 1.165) is 61.2 Å². The Bertz CT molecular complexity index is 3120. The monoisotopic (exact) mass is 1010 g/mol. The third-order valence-electron chi connectivity index (χ3n) is 11.7. The normalized spacial score (nSPS) is 11.6. The summed E-state index contributed by atoms with van der Waals surface area (Å²) in [4.78, 5) is 9.82. The number of benzene rings is 7. The molecule has 0 aliphatic rings. The van der Waals surface area contributed by atoms with Crippen LogP contribution < -0.4 is 5.19 Å². The van der Waals surface area contributed by atoms with Crippen molar-refractivity contribution in [3.8, 4) is 50.6 Å². The van der Waals surface area contributed by atoms with E-state index in [2.05, 4.69) is 196 Å². The minimum Gasteiger partial charge on any atom is -0.501 e. The van der Waals surface area contributed by atoms with Crippen molar-refractivity contribution in [3.05, 3.63) is 193 Å². The number of pyridine rings is 1. The van der Waals surface area contributed by atoms with Crippen LogP contribution in [0.15, 0.2) is 174 Å². The Hall–Kier alpha value is -6.17. The molecule has 6 heteroatoms. The molecular weight excluding hydrogens is 963 g/mol. The summed E-state index contributed by atoms with van der Waals surface area (Å²) < 4.78 is 9.10. The molecule has 0 fully saturated rings. The Labute approximate surface area is 386 Å². The average Bonchev–Trinajstić information content (AvgIpc) is 3.88. The number of fused-ring (bicyclic) bond motifs is 4. The topological polar surface area (TPSA) is 43.9 Å². The van der Waals surface area contributed by atoms with Crippen LogP contribution in [0.25, 0.3) is 83.6 Å². The van der Waals surface area contributed by atoms with E-state index in [4.69, 9.17) is 9.40 Å². The van der Waals surface area contributed by atoms with Crippen molar-refractivity contribution in [2.24, 2.45) is 0 Å². The van der Waals surface area contributed by atoms with Crippen LogP contribution in [-0.4, -0.2) is 22.6 Å². The Morgan fingerprint density at radius 2 is 1.24 bits per heavy atom. The Morgan fingerprint density at radius 3 is 1.86 bits per heavy atom. The van der Waals surface area contributed by atoms with Crippen molar-refractivity contribution in [2.45, 2.75) is 59.2 Å². The summed E-state index contributed by atoms with van der Waals surface area (Å²) >= 11 is 0. The molecule has 0 unspecified atom stereocenters. The Balaban J connectivity index is 0.000000271. The summed E-state index contributed by atoms with van der Waals surface area (Å²) in [6, 6.07) is 63.9. The summed E-state index contributed by atoms with van der Waals surface area (Å²) in [6.07, 6.45) is 2.02. The molecule has 4 nitrogen and oxygen atoms in total. The van der Waals surface area contributed by atoms with Crippen LogP contribution in [0, 0.1) is 12.1 Å². The molecule has 10 rings (SSSR count). The number of hydrogen-bond acceptors (Lipinski definition) is 3. The van der Waals surface area contributed by atoms with Crippen molar-refractivity contribution >= 4 is 46.2 Å². The molecule has 0 saturated carbocycles. The molecular formula is C57H51IrN3OSi-2. The largest absolute Gasteiger partial charge is 0.501 e. The Kier molecular flexibility index (Phi) is 12.6. The van der Waals surface area contributed by atoms with Gasteiger partial charge in [0.25, 0.3) is 0 Å². The van der Waals surface area contributed by atoms with E-state index in [0.29, 0.717) is 0 Å². The van der Waals surface area contributed by atoms with Crippen LogP contribution >= 0.6 is 0 Å². The minimum atomic E-state index is -1.23. The van der Waals surface area contributed by atoms with Gasteiger partial charge in [0.05, 0.1) is 30.5 Å². The first-order chi connectivity index (χ1) is 30.0. The SMILES string of the molecule is CC(C)c1cc(-c2ccccc2)cc(C(C)C)c1-n1c(-c2[c-]ccc3c2oc2cc(-c4ccccc4)ccc23)nc2ccccc21.C[Si](C)(C)c1ccc(-c2[c-]cccc2)nc1.[Ir]. The van der Waals surface area contributed by atoms with Crippen molar-refractivity contribution in [3.63, 3.8) is 0 Å². The van der Waals surface area contributed by atoms with Crippen LogP contribution in [-0.2, 0) is 20.1 Å². The molecule has 7 aromatic carbocycles. The second-order valence-electron chi connectivity index (χ2n) is 17.7. The molecule has 0 atom stereocenters. The molecule has 0 N–H and O–H groups in total. The Morgan fingerprint density at radius 1 is 0.587 bits per heavy atom. The van der Waals surface area contributed by atoms with E-state index in [1.165, 1.54) is 38.7 Å². The smallest absolute Gasteiger partial charge is 0.121 e. The van der Waals surface area contributed by atoms with E-state index in [9.17, 15) is 0 Å². The maximum Gasteiger partial charge on any atom is 0.121 e. The van der Waals surface area contributed by atoms with E-state index >= 15 is 0 Å². The van der Waals surface area contributed by atoms with Gasteiger partial charge in [0.15, 0.2) is 0 Å². The van der Waals surface area contributed by atoms with Crippen LogP contribution in [0.5, 0.6) is 0 Å². The molecule has 315 valence electrons. The summed E-state index contributed by atoms with van der Waals surface area (Å²) in [5.74, 6) is 1.41. The minimum absolute atomic E-state index is 0. The molecule has 1 radical (unpaired) electrons. The summed E-state index contributed by atoms with van der Waals surface area (Å²) in [5, 5.41) is 3.55. The third-order valence-corrected chi connectivity index (χ3v) is 13.7. The number of para-hydroxylation sites is 2. The zero-order chi connectivity index (χ0) is 43.0. The van der Waals surface area contributed by atoms with Gasteiger partial charge in [-0.2, -0.15) is 0 Å². The fourth-order valence-corrected chi connectivity index (χ4v) is 9.34. The number of imidazole rings is 1. The van der Waals surface area contributed by atoms with E-state index in [1.807, 2.05) is 42.6 Å². The molecule has 0 aliphatic heterocycles. The first kappa shape index (κ1) is 43.5. The average molecular weight is 1010 g/mol. The van der Waals surface area contributed by atoms with Gasteiger partial charge in [0, 0.05) is 37.4 Å². The van der Waals surface area contributed by atoms with E-state index in [-0.39, 0.29) is 31.9 Å². The van der Waals surface area contributed by atoms with Gasteiger partial charge in [-0.25, -0.2) is 0 Å². The maximum absolute atomic E-state index is 6.73. The van der Waals surface area contributed by atoms with Gasteiger partial charge in [-0.05, 0) is 86.4 Å². The predicted octanol–water partition coefficient (Wildman–Crippen LogP) is 15.1. The second-order valence-corrected chi connectivity index (χ2v) is 22.7. The summed E-state index contributed by atoms with van der Waals surface area (Å²) in [5.41, 5.74) is 15.1. The van der Waals surface area contributed by atoms with Gasteiger partial charge in [-0.1, -0.05) is 155 Å². The molecule has 10 aromatic rings. The second kappa shape index (κ2) is 18.3. The van der Waals surface area contributed by atoms with Crippen molar-refractivity contribution in [2.75, 3.05) is 0 Å². The number of nitrogens with zero attached hydrogens (tertiary/aromatic N) is 3. The third kappa shape index (κ3) is 8.77. The summed E-state index contributed by atoms with van der Waals surface area (Å²) in [6.45, 7) is 16.1. The molecule has 0 bridgehead atoms.